The van der Waals surface area contributed by atoms with Crippen molar-refractivity contribution in [3.05, 3.63) is 74.0 Å². The monoisotopic (exact) mass is 416 g/mol. The largest absolute Gasteiger partial charge is 0.497 e. The third-order valence-corrected chi connectivity index (χ3v) is 4.75. The van der Waals surface area contributed by atoms with Crippen LogP contribution in [0.2, 0.25) is 0 Å². The van der Waals surface area contributed by atoms with E-state index in [-0.39, 0.29) is 6.61 Å². The minimum atomic E-state index is -0.512. The van der Waals surface area contributed by atoms with Gasteiger partial charge < -0.3 is 13.9 Å². The van der Waals surface area contributed by atoms with Crippen molar-refractivity contribution in [2.24, 2.45) is 0 Å². The molecule has 134 valence electrons. The molecule has 0 fully saturated rings. The van der Waals surface area contributed by atoms with Crippen LogP contribution in [0.1, 0.15) is 28.4 Å². The van der Waals surface area contributed by atoms with Gasteiger partial charge in [-0.3, -0.25) is 0 Å². The minimum absolute atomic E-state index is 0.0317. The number of ether oxygens (including phenoxy) is 2. The Hall–Kier alpha value is -2.60. The first-order valence-electron chi connectivity index (χ1n) is 8.08. The summed E-state index contributed by atoms with van der Waals surface area (Å²) in [6.45, 7) is 1.99. The highest BCUT2D eigenvalue weighted by Crippen LogP contribution is 2.24. The predicted octanol–water partition coefficient (Wildman–Crippen LogP) is 4.48. The third kappa shape index (κ3) is 3.80. The molecule has 0 radical (unpaired) electrons. The molecule has 0 spiro atoms. The summed E-state index contributed by atoms with van der Waals surface area (Å²) >= 11 is 3.33. The molecule has 0 saturated carbocycles. The number of esters is 1. The van der Waals surface area contributed by atoms with E-state index < -0.39 is 11.6 Å². The molecule has 3 rings (SSSR count). The number of fused-ring (bicyclic) bond motifs is 1. The zero-order chi connectivity index (χ0) is 18.7. The second-order valence-electron chi connectivity index (χ2n) is 5.70. The van der Waals surface area contributed by atoms with Gasteiger partial charge >= 0.3 is 11.6 Å². The maximum Gasteiger partial charge on any atom is 0.339 e. The Balaban J connectivity index is 1.88. The summed E-state index contributed by atoms with van der Waals surface area (Å²) < 4.78 is 16.4. The number of methoxy groups -OCH3 is 1. The summed E-state index contributed by atoms with van der Waals surface area (Å²) in [5, 5.41) is 0.749. The van der Waals surface area contributed by atoms with Crippen molar-refractivity contribution in [1.82, 2.24) is 0 Å². The van der Waals surface area contributed by atoms with Crippen molar-refractivity contribution in [3.63, 3.8) is 0 Å². The van der Waals surface area contributed by atoms with E-state index in [0.717, 1.165) is 17.4 Å². The van der Waals surface area contributed by atoms with Gasteiger partial charge in [-0.05, 0) is 52.2 Å². The molecule has 1 heterocycles. The van der Waals surface area contributed by atoms with Crippen molar-refractivity contribution in [3.8, 4) is 5.75 Å². The average Bonchev–Trinajstić information content (AvgIpc) is 2.65. The van der Waals surface area contributed by atoms with E-state index in [4.69, 9.17) is 13.9 Å². The normalized spacial score (nSPS) is 10.7. The van der Waals surface area contributed by atoms with Crippen LogP contribution in [-0.2, 0) is 17.8 Å². The molecule has 5 nitrogen and oxygen atoms in total. The standard InChI is InChI=1S/C20H17BrO5/c1-3-12-4-6-15-13(9-19(22)26-18(15)8-12)11-25-20(23)16-10-14(24-2)5-7-17(16)21/h4-10H,3,11H2,1-2H3. The lowest BCUT2D eigenvalue weighted by molar-refractivity contribution is 0.0472. The number of hydrogen-bond acceptors (Lipinski definition) is 5. The second kappa shape index (κ2) is 7.74. The molecule has 0 atom stereocenters. The lowest BCUT2D eigenvalue weighted by Crippen LogP contribution is -2.09. The first kappa shape index (κ1) is 18.2. The summed E-state index contributed by atoms with van der Waals surface area (Å²) in [7, 11) is 1.53. The second-order valence-corrected chi connectivity index (χ2v) is 6.55. The summed E-state index contributed by atoms with van der Waals surface area (Å²) in [6.07, 6.45) is 0.836. The fourth-order valence-corrected chi connectivity index (χ4v) is 3.03. The number of hydrogen-bond donors (Lipinski definition) is 0. The lowest BCUT2D eigenvalue weighted by Gasteiger charge is -2.10. The van der Waals surface area contributed by atoms with E-state index >= 15 is 0 Å². The quantitative estimate of drug-likeness (QED) is 0.452. The number of rotatable bonds is 5. The first-order valence-corrected chi connectivity index (χ1v) is 8.87. The maximum atomic E-state index is 12.4. The van der Waals surface area contributed by atoms with Crippen LogP contribution in [0, 0.1) is 0 Å². The van der Waals surface area contributed by atoms with E-state index in [1.54, 1.807) is 18.2 Å². The van der Waals surface area contributed by atoms with Crippen LogP contribution in [0.3, 0.4) is 0 Å². The van der Waals surface area contributed by atoms with E-state index in [2.05, 4.69) is 15.9 Å². The van der Waals surface area contributed by atoms with Crippen molar-refractivity contribution < 1.29 is 18.7 Å². The molecule has 3 aromatic rings. The van der Waals surface area contributed by atoms with Gasteiger partial charge in [0.15, 0.2) is 0 Å². The SMILES string of the molecule is CCc1ccc2c(COC(=O)c3cc(OC)ccc3Br)cc(=O)oc2c1. The predicted molar refractivity (Wildman–Crippen MR) is 102 cm³/mol. The number of carbonyl (C=O) groups excluding carboxylic acids is 1. The summed E-state index contributed by atoms with van der Waals surface area (Å²) in [6, 6.07) is 12.1. The van der Waals surface area contributed by atoms with Crippen molar-refractivity contribution >= 4 is 32.9 Å². The smallest absolute Gasteiger partial charge is 0.339 e. The molecule has 26 heavy (non-hydrogen) atoms. The molecule has 0 N–H and O–H groups in total. The molecule has 0 aliphatic rings. The van der Waals surface area contributed by atoms with Crippen molar-refractivity contribution in [1.29, 1.82) is 0 Å². The van der Waals surface area contributed by atoms with Crippen LogP contribution in [-0.4, -0.2) is 13.1 Å². The van der Waals surface area contributed by atoms with Gasteiger partial charge in [-0.2, -0.15) is 0 Å². The van der Waals surface area contributed by atoms with Crippen LogP contribution in [0.4, 0.5) is 0 Å². The molecular formula is C20H17BrO5. The van der Waals surface area contributed by atoms with E-state index in [0.29, 0.717) is 26.9 Å². The molecular weight excluding hydrogens is 400 g/mol. The van der Waals surface area contributed by atoms with Gasteiger partial charge in [-0.25, -0.2) is 9.59 Å². The van der Waals surface area contributed by atoms with Gasteiger partial charge in [0.25, 0.3) is 0 Å². The van der Waals surface area contributed by atoms with E-state index in [9.17, 15) is 9.59 Å². The Morgan fingerprint density at radius 3 is 2.69 bits per heavy atom. The van der Waals surface area contributed by atoms with Crippen molar-refractivity contribution in [2.45, 2.75) is 20.0 Å². The zero-order valence-corrected chi connectivity index (χ0v) is 16.0. The van der Waals surface area contributed by atoms with Crippen LogP contribution < -0.4 is 10.4 Å². The Labute approximate surface area is 158 Å². The maximum absolute atomic E-state index is 12.4. The molecule has 0 aliphatic carbocycles. The topological polar surface area (TPSA) is 65.7 Å². The van der Waals surface area contributed by atoms with Gasteiger partial charge in [0.1, 0.15) is 17.9 Å². The fraction of sp³-hybridized carbons (Fsp3) is 0.200. The summed E-state index contributed by atoms with van der Waals surface area (Å²) in [4.78, 5) is 24.2. The number of halogens is 1. The van der Waals surface area contributed by atoms with Gasteiger partial charge in [0.05, 0.1) is 12.7 Å². The van der Waals surface area contributed by atoms with Crippen LogP contribution in [0.25, 0.3) is 11.0 Å². The van der Waals surface area contributed by atoms with Gasteiger partial charge in [0, 0.05) is 21.5 Å². The number of aryl methyl sites for hydroxylation is 1. The van der Waals surface area contributed by atoms with Gasteiger partial charge in [-0.1, -0.05) is 19.1 Å². The molecule has 2 aromatic carbocycles. The lowest BCUT2D eigenvalue weighted by atomic mass is 10.1. The molecule has 0 bridgehead atoms. The highest BCUT2D eigenvalue weighted by Gasteiger charge is 2.15. The molecule has 0 saturated heterocycles. The highest BCUT2D eigenvalue weighted by molar-refractivity contribution is 9.10. The van der Waals surface area contributed by atoms with Crippen LogP contribution >= 0.6 is 15.9 Å². The van der Waals surface area contributed by atoms with E-state index in [1.807, 2.05) is 25.1 Å². The number of benzene rings is 2. The fourth-order valence-electron chi connectivity index (χ4n) is 2.62. The molecule has 0 unspecified atom stereocenters. The van der Waals surface area contributed by atoms with Crippen molar-refractivity contribution in [2.75, 3.05) is 7.11 Å². The van der Waals surface area contributed by atoms with Gasteiger partial charge in [-0.15, -0.1) is 0 Å². The minimum Gasteiger partial charge on any atom is -0.497 e. The zero-order valence-electron chi connectivity index (χ0n) is 14.4. The van der Waals surface area contributed by atoms with Crippen LogP contribution in [0.5, 0.6) is 5.75 Å². The Kier molecular flexibility index (Phi) is 5.42. The first-order chi connectivity index (χ1) is 12.5. The van der Waals surface area contributed by atoms with Gasteiger partial charge in [0.2, 0.25) is 0 Å². The summed E-state index contributed by atoms with van der Waals surface area (Å²) in [5.41, 5.74) is 2.04. The Morgan fingerprint density at radius 2 is 1.96 bits per heavy atom. The Bertz CT molecular complexity index is 1020. The Morgan fingerprint density at radius 1 is 1.15 bits per heavy atom. The van der Waals surface area contributed by atoms with E-state index in [1.165, 1.54) is 13.2 Å². The molecule has 6 heteroatoms. The van der Waals surface area contributed by atoms with Crippen LogP contribution in [0.15, 0.2) is 56.1 Å². The molecule has 0 aliphatic heterocycles. The summed E-state index contributed by atoms with van der Waals surface area (Å²) in [5.74, 6) is 0.0420. The average molecular weight is 417 g/mol. The molecule has 0 amide bonds. The third-order valence-electron chi connectivity index (χ3n) is 4.06. The molecule has 1 aromatic heterocycles. The number of carbonyl (C=O) groups is 1. The highest BCUT2D eigenvalue weighted by atomic mass is 79.9.